The van der Waals surface area contributed by atoms with Crippen LogP contribution in [0.3, 0.4) is 0 Å². The second-order valence-corrected chi connectivity index (χ2v) is 4.26. The van der Waals surface area contributed by atoms with Gasteiger partial charge in [0.05, 0.1) is 5.56 Å². The number of alkyl halides is 3. The number of nitrogens with two attached hydrogens (primary N) is 1. The van der Waals surface area contributed by atoms with Crippen LogP contribution in [0.2, 0.25) is 0 Å². The van der Waals surface area contributed by atoms with Gasteiger partial charge in [0.15, 0.2) is 0 Å². The van der Waals surface area contributed by atoms with E-state index in [1.54, 1.807) is 31.3 Å². The van der Waals surface area contributed by atoms with Gasteiger partial charge >= 0.3 is 6.18 Å². The second kappa shape index (κ2) is 5.50. The highest BCUT2D eigenvalue weighted by atomic mass is 19.4. The molecule has 1 aromatic heterocycles. The molecule has 2 N–H and O–H groups in total. The highest BCUT2D eigenvalue weighted by molar-refractivity contribution is 5.65. The van der Waals surface area contributed by atoms with Crippen LogP contribution in [0.5, 0.6) is 0 Å². The van der Waals surface area contributed by atoms with E-state index in [9.17, 15) is 13.2 Å². The first-order valence-corrected chi connectivity index (χ1v) is 5.99. The third kappa shape index (κ3) is 2.75. The minimum atomic E-state index is -4.45. The zero-order valence-corrected chi connectivity index (χ0v) is 10.9. The summed E-state index contributed by atoms with van der Waals surface area (Å²) >= 11 is 0. The van der Waals surface area contributed by atoms with Crippen LogP contribution in [-0.2, 0) is 12.7 Å². The van der Waals surface area contributed by atoms with Gasteiger partial charge in [-0.2, -0.15) is 13.2 Å². The standard InChI is InChI=1S/C14H14F3N3/c1-20(12-7-3-2-5-10(12)9-18)13-11(14(15,16)17)6-4-8-19-13/h2-8H,9,18H2,1H3. The first kappa shape index (κ1) is 14.3. The maximum Gasteiger partial charge on any atom is 0.419 e. The highest BCUT2D eigenvalue weighted by Crippen LogP contribution is 2.37. The summed E-state index contributed by atoms with van der Waals surface area (Å²) in [6, 6.07) is 9.34. The minimum absolute atomic E-state index is 0.138. The fourth-order valence-corrected chi connectivity index (χ4v) is 2.01. The van der Waals surface area contributed by atoms with E-state index in [0.717, 1.165) is 11.6 Å². The molecule has 0 fully saturated rings. The average Bonchev–Trinajstić information content (AvgIpc) is 2.45. The Kier molecular flexibility index (Phi) is 3.94. The number of pyridine rings is 1. The molecule has 2 aromatic rings. The van der Waals surface area contributed by atoms with Gasteiger partial charge in [-0.1, -0.05) is 18.2 Å². The predicted octanol–water partition coefficient (Wildman–Crippen LogP) is 3.33. The predicted molar refractivity (Wildman–Crippen MR) is 71.6 cm³/mol. The summed E-state index contributed by atoms with van der Waals surface area (Å²) in [5, 5.41) is 0. The lowest BCUT2D eigenvalue weighted by molar-refractivity contribution is -0.137. The van der Waals surface area contributed by atoms with Crippen molar-refractivity contribution < 1.29 is 13.2 Å². The van der Waals surface area contributed by atoms with Crippen LogP contribution in [0.4, 0.5) is 24.7 Å². The van der Waals surface area contributed by atoms with E-state index in [1.165, 1.54) is 17.2 Å². The van der Waals surface area contributed by atoms with E-state index in [4.69, 9.17) is 5.73 Å². The zero-order valence-electron chi connectivity index (χ0n) is 10.9. The third-order valence-corrected chi connectivity index (χ3v) is 2.98. The Morgan fingerprint density at radius 1 is 1.15 bits per heavy atom. The second-order valence-electron chi connectivity index (χ2n) is 4.26. The van der Waals surface area contributed by atoms with E-state index in [-0.39, 0.29) is 12.4 Å². The molecule has 1 heterocycles. The van der Waals surface area contributed by atoms with Crippen molar-refractivity contribution in [1.82, 2.24) is 4.98 Å². The molecule has 1 aromatic carbocycles. The van der Waals surface area contributed by atoms with Crippen molar-refractivity contribution in [2.75, 3.05) is 11.9 Å². The number of hydrogen-bond acceptors (Lipinski definition) is 3. The van der Waals surface area contributed by atoms with Crippen molar-refractivity contribution >= 4 is 11.5 Å². The third-order valence-electron chi connectivity index (χ3n) is 2.98. The van der Waals surface area contributed by atoms with Crippen molar-refractivity contribution in [3.63, 3.8) is 0 Å². The molecule has 0 unspecified atom stereocenters. The maximum absolute atomic E-state index is 13.0. The first-order chi connectivity index (χ1) is 9.45. The van der Waals surface area contributed by atoms with Gasteiger partial charge in [-0.05, 0) is 23.8 Å². The lowest BCUT2D eigenvalue weighted by Crippen LogP contribution is -2.19. The van der Waals surface area contributed by atoms with E-state index in [2.05, 4.69) is 4.98 Å². The van der Waals surface area contributed by atoms with E-state index in [0.29, 0.717) is 5.69 Å². The Morgan fingerprint density at radius 3 is 2.50 bits per heavy atom. The lowest BCUT2D eigenvalue weighted by Gasteiger charge is -2.24. The zero-order chi connectivity index (χ0) is 14.8. The van der Waals surface area contributed by atoms with Gasteiger partial charge in [0.2, 0.25) is 0 Å². The lowest BCUT2D eigenvalue weighted by atomic mass is 10.1. The molecule has 106 valence electrons. The van der Waals surface area contributed by atoms with Crippen molar-refractivity contribution in [3.8, 4) is 0 Å². The smallest absolute Gasteiger partial charge is 0.329 e. The van der Waals surface area contributed by atoms with Crippen LogP contribution in [-0.4, -0.2) is 12.0 Å². The number of para-hydroxylation sites is 1. The largest absolute Gasteiger partial charge is 0.419 e. The first-order valence-electron chi connectivity index (χ1n) is 5.99. The molecule has 20 heavy (non-hydrogen) atoms. The van der Waals surface area contributed by atoms with Crippen molar-refractivity contribution in [2.45, 2.75) is 12.7 Å². The number of halogens is 3. The summed E-state index contributed by atoms with van der Waals surface area (Å²) in [4.78, 5) is 5.27. The summed E-state index contributed by atoms with van der Waals surface area (Å²) in [6.45, 7) is 0.245. The summed E-state index contributed by atoms with van der Waals surface area (Å²) in [5.74, 6) is -0.138. The van der Waals surface area contributed by atoms with Crippen LogP contribution in [0.25, 0.3) is 0 Å². The molecule has 0 amide bonds. The summed E-state index contributed by atoms with van der Waals surface area (Å²) < 4.78 is 39.0. The number of hydrogen-bond donors (Lipinski definition) is 1. The topological polar surface area (TPSA) is 42.1 Å². The minimum Gasteiger partial charge on any atom is -0.329 e. The van der Waals surface area contributed by atoms with E-state index >= 15 is 0 Å². The van der Waals surface area contributed by atoms with Gasteiger partial charge in [0, 0.05) is 25.5 Å². The van der Waals surface area contributed by atoms with Gasteiger partial charge in [-0.15, -0.1) is 0 Å². The van der Waals surface area contributed by atoms with Crippen LogP contribution in [0, 0.1) is 0 Å². The van der Waals surface area contributed by atoms with Gasteiger partial charge in [0.25, 0.3) is 0 Å². The Morgan fingerprint density at radius 2 is 1.85 bits per heavy atom. The fourth-order valence-electron chi connectivity index (χ4n) is 2.01. The SMILES string of the molecule is CN(c1ccccc1CN)c1ncccc1C(F)(F)F. The highest BCUT2D eigenvalue weighted by Gasteiger charge is 2.35. The molecule has 2 rings (SSSR count). The Hall–Kier alpha value is -2.08. The molecule has 0 saturated heterocycles. The van der Waals surface area contributed by atoms with Crippen molar-refractivity contribution in [2.24, 2.45) is 5.73 Å². The molecule has 0 aliphatic rings. The molecule has 0 radical (unpaired) electrons. The number of nitrogens with zero attached hydrogens (tertiary/aromatic N) is 2. The van der Waals surface area contributed by atoms with Gasteiger partial charge < -0.3 is 10.6 Å². The quantitative estimate of drug-likeness (QED) is 0.938. The molecule has 6 heteroatoms. The van der Waals surface area contributed by atoms with Gasteiger partial charge in [0.1, 0.15) is 5.82 Å². The molecule has 0 aliphatic carbocycles. The molecule has 0 bridgehead atoms. The maximum atomic E-state index is 13.0. The molecule has 0 saturated carbocycles. The molecule has 0 spiro atoms. The van der Waals surface area contributed by atoms with Crippen molar-refractivity contribution in [1.29, 1.82) is 0 Å². The Balaban J connectivity index is 2.52. The average molecular weight is 281 g/mol. The van der Waals surface area contributed by atoms with Crippen LogP contribution in [0.1, 0.15) is 11.1 Å². The van der Waals surface area contributed by atoms with Crippen molar-refractivity contribution in [3.05, 3.63) is 53.7 Å². The van der Waals surface area contributed by atoms with E-state index in [1.807, 2.05) is 0 Å². The van der Waals surface area contributed by atoms with E-state index < -0.39 is 11.7 Å². The molecule has 0 aliphatic heterocycles. The van der Waals surface area contributed by atoms with Gasteiger partial charge in [-0.25, -0.2) is 4.98 Å². The molecule has 0 atom stereocenters. The normalized spacial score (nSPS) is 11.4. The van der Waals surface area contributed by atoms with Crippen LogP contribution in [0.15, 0.2) is 42.6 Å². The van der Waals surface area contributed by atoms with Gasteiger partial charge in [-0.3, -0.25) is 0 Å². The summed E-state index contributed by atoms with van der Waals surface area (Å²) in [5.41, 5.74) is 6.22. The molecular weight excluding hydrogens is 267 g/mol. The molecule has 3 nitrogen and oxygen atoms in total. The van der Waals surface area contributed by atoms with Crippen LogP contribution >= 0.6 is 0 Å². The monoisotopic (exact) mass is 281 g/mol. The van der Waals surface area contributed by atoms with Crippen LogP contribution < -0.4 is 10.6 Å². The number of rotatable bonds is 3. The number of benzene rings is 1. The Bertz CT molecular complexity index is 596. The molecular formula is C14H14F3N3. The fraction of sp³-hybridized carbons (Fsp3) is 0.214. The summed E-state index contributed by atoms with van der Waals surface area (Å²) in [7, 11) is 1.55. The summed E-state index contributed by atoms with van der Waals surface area (Å²) in [6.07, 6.45) is -3.11. The Labute approximate surface area is 114 Å². The number of anilines is 2. The number of aromatic nitrogens is 1.